The largest absolute Gasteiger partial charge is 0.346 e. The smallest absolute Gasteiger partial charge is 0.254 e. The van der Waals surface area contributed by atoms with Crippen LogP contribution in [0.3, 0.4) is 0 Å². The summed E-state index contributed by atoms with van der Waals surface area (Å²) in [4.78, 5) is 24.5. The lowest BCUT2D eigenvalue weighted by Crippen LogP contribution is -2.23. The molecule has 0 bridgehead atoms. The summed E-state index contributed by atoms with van der Waals surface area (Å²) in [6, 6.07) is 10.5. The molecule has 3 rings (SSSR count). The van der Waals surface area contributed by atoms with E-state index in [-0.39, 0.29) is 5.91 Å². The fraction of sp³-hybridized carbons (Fsp3) is 0.0588. The van der Waals surface area contributed by atoms with Gasteiger partial charge in [-0.25, -0.2) is 9.97 Å². The van der Waals surface area contributed by atoms with E-state index in [0.717, 1.165) is 5.69 Å². The minimum atomic E-state index is -0.275. The van der Waals surface area contributed by atoms with Crippen LogP contribution in [0.1, 0.15) is 16.1 Å². The van der Waals surface area contributed by atoms with Crippen LogP contribution in [0.4, 0.5) is 11.6 Å². The molecule has 0 aliphatic rings. The SMILES string of the molecule is O=C(NCc1ccccn1)c1cnc(Nc2cc(Cl)cc(Cl)c2)nc1. The van der Waals surface area contributed by atoms with E-state index in [1.165, 1.54) is 12.4 Å². The van der Waals surface area contributed by atoms with Crippen LogP contribution in [0.2, 0.25) is 10.0 Å². The normalized spacial score (nSPS) is 10.3. The lowest BCUT2D eigenvalue weighted by molar-refractivity contribution is 0.0949. The Balaban J connectivity index is 1.62. The molecule has 0 radical (unpaired) electrons. The predicted octanol–water partition coefficient (Wildman–Crippen LogP) is 3.85. The van der Waals surface area contributed by atoms with Crippen molar-refractivity contribution in [3.63, 3.8) is 0 Å². The quantitative estimate of drug-likeness (QED) is 0.709. The third-order valence-corrected chi connectivity index (χ3v) is 3.63. The zero-order valence-electron chi connectivity index (χ0n) is 12.9. The molecule has 1 aromatic carbocycles. The van der Waals surface area contributed by atoms with E-state index in [9.17, 15) is 4.79 Å². The molecule has 126 valence electrons. The summed E-state index contributed by atoms with van der Waals surface area (Å²) < 4.78 is 0. The van der Waals surface area contributed by atoms with Gasteiger partial charge in [0.1, 0.15) is 0 Å². The van der Waals surface area contributed by atoms with Crippen LogP contribution in [0.15, 0.2) is 55.0 Å². The third-order valence-electron chi connectivity index (χ3n) is 3.19. The Bertz CT molecular complexity index is 852. The number of aromatic nitrogens is 3. The van der Waals surface area contributed by atoms with Gasteiger partial charge in [0.15, 0.2) is 0 Å². The molecular weight excluding hydrogens is 361 g/mol. The maximum atomic E-state index is 12.1. The minimum Gasteiger partial charge on any atom is -0.346 e. The number of hydrogen-bond acceptors (Lipinski definition) is 5. The van der Waals surface area contributed by atoms with Crippen molar-refractivity contribution in [3.05, 3.63) is 76.3 Å². The molecule has 2 N–H and O–H groups in total. The van der Waals surface area contributed by atoms with E-state index in [1.54, 1.807) is 24.4 Å². The van der Waals surface area contributed by atoms with E-state index >= 15 is 0 Å². The van der Waals surface area contributed by atoms with Crippen molar-refractivity contribution in [2.24, 2.45) is 0 Å². The second kappa shape index (κ2) is 7.92. The first-order valence-corrected chi connectivity index (χ1v) is 8.09. The molecule has 0 saturated carbocycles. The zero-order chi connectivity index (χ0) is 17.6. The van der Waals surface area contributed by atoms with Gasteiger partial charge in [-0.3, -0.25) is 9.78 Å². The van der Waals surface area contributed by atoms with E-state index < -0.39 is 0 Å². The molecule has 2 aromatic heterocycles. The number of carbonyl (C=O) groups is 1. The fourth-order valence-corrected chi connectivity index (χ4v) is 2.57. The Hall–Kier alpha value is -2.70. The van der Waals surface area contributed by atoms with Crippen LogP contribution < -0.4 is 10.6 Å². The number of rotatable bonds is 5. The van der Waals surface area contributed by atoms with E-state index in [0.29, 0.717) is 33.8 Å². The molecular formula is C17H13Cl2N5O. The number of amides is 1. The Morgan fingerprint density at radius 1 is 1.00 bits per heavy atom. The van der Waals surface area contributed by atoms with Gasteiger partial charge in [0, 0.05) is 34.3 Å². The zero-order valence-corrected chi connectivity index (χ0v) is 14.4. The molecule has 2 heterocycles. The molecule has 0 aliphatic heterocycles. The third kappa shape index (κ3) is 4.89. The molecule has 0 aliphatic carbocycles. The van der Waals surface area contributed by atoms with Crippen molar-refractivity contribution in [1.82, 2.24) is 20.3 Å². The van der Waals surface area contributed by atoms with E-state index in [2.05, 4.69) is 25.6 Å². The second-order valence-corrected chi connectivity index (χ2v) is 5.96. The highest BCUT2D eigenvalue weighted by molar-refractivity contribution is 6.35. The highest BCUT2D eigenvalue weighted by atomic mass is 35.5. The molecule has 3 aromatic rings. The molecule has 0 unspecified atom stereocenters. The first-order valence-electron chi connectivity index (χ1n) is 7.33. The number of nitrogens with zero attached hydrogens (tertiary/aromatic N) is 3. The number of hydrogen-bond donors (Lipinski definition) is 2. The number of carbonyl (C=O) groups excluding carboxylic acids is 1. The van der Waals surface area contributed by atoms with Crippen LogP contribution in [0, 0.1) is 0 Å². The molecule has 6 nitrogen and oxygen atoms in total. The van der Waals surface area contributed by atoms with Gasteiger partial charge >= 0.3 is 0 Å². The monoisotopic (exact) mass is 373 g/mol. The van der Waals surface area contributed by atoms with Crippen LogP contribution in [0.25, 0.3) is 0 Å². The molecule has 0 atom stereocenters. The van der Waals surface area contributed by atoms with Gasteiger partial charge < -0.3 is 10.6 Å². The fourth-order valence-electron chi connectivity index (χ4n) is 2.04. The topological polar surface area (TPSA) is 79.8 Å². The van der Waals surface area contributed by atoms with Crippen molar-refractivity contribution in [1.29, 1.82) is 0 Å². The Morgan fingerprint density at radius 2 is 1.72 bits per heavy atom. The molecule has 0 saturated heterocycles. The maximum absolute atomic E-state index is 12.1. The number of nitrogens with one attached hydrogen (secondary N) is 2. The van der Waals surface area contributed by atoms with Crippen molar-refractivity contribution in [2.75, 3.05) is 5.32 Å². The van der Waals surface area contributed by atoms with Crippen LogP contribution in [-0.2, 0) is 6.54 Å². The van der Waals surface area contributed by atoms with Gasteiger partial charge in [0.05, 0.1) is 17.8 Å². The summed E-state index contributed by atoms with van der Waals surface area (Å²) in [5.41, 5.74) is 1.78. The standard InChI is InChI=1S/C17H13Cl2N5O/c18-12-5-13(19)7-15(6-12)24-17-22-8-11(9-23-17)16(25)21-10-14-3-1-2-4-20-14/h1-9H,10H2,(H,21,25)(H,22,23,24). The summed E-state index contributed by atoms with van der Waals surface area (Å²) >= 11 is 11.9. The lowest BCUT2D eigenvalue weighted by Gasteiger charge is -2.07. The van der Waals surface area contributed by atoms with Crippen molar-refractivity contribution in [2.45, 2.75) is 6.54 Å². The summed E-state index contributed by atoms with van der Waals surface area (Å²) in [5.74, 6) is 0.0580. The minimum absolute atomic E-state index is 0.275. The Morgan fingerprint density at radius 3 is 2.36 bits per heavy atom. The van der Waals surface area contributed by atoms with Gasteiger partial charge in [-0.15, -0.1) is 0 Å². The van der Waals surface area contributed by atoms with Gasteiger partial charge in [-0.1, -0.05) is 29.3 Å². The number of anilines is 2. The summed E-state index contributed by atoms with van der Waals surface area (Å²) in [7, 11) is 0. The number of pyridine rings is 1. The molecule has 0 fully saturated rings. The average Bonchev–Trinajstić information content (AvgIpc) is 2.60. The Kier molecular flexibility index (Phi) is 5.42. The van der Waals surface area contributed by atoms with Crippen LogP contribution in [-0.4, -0.2) is 20.9 Å². The second-order valence-electron chi connectivity index (χ2n) is 5.08. The number of halogens is 2. The van der Waals surface area contributed by atoms with E-state index in [4.69, 9.17) is 23.2 Å². The van der Waals surface area contributed by atoms with Gasteiger partial charge in [0.2, 0.25) is 5.95 Å². The Labute approximate surface area is 154 Å². The average molecular weight is 374 g/mol. The predicted molar refractivity (Wildman–Crippen MR) is 97.2 cm³/mol. The number of benzene rings is 1. The molecule has 1 amide bonds. The van der Waals surface area contributed by atoms with Crippen LogP contribution >= 0.6 is 23.2 Å². The molecule has 0 spiro atoms. The summed E-state index contributed by atoms with van der Waals surface area (Å²) in [6.45, 7) is 0.334. The van der Waals surface area contributed by atoms with Gasteiger partial charge in [-0.2, -0.15) is 0 Å². The van der Waals surface area contributed by atoms with Gasteiger partial charge in [0.25, 0.3) is 5.91 Å². The summed E-state index contributed by atoms with van der Waals surface area (Å²) in [5, 5.41) is 6.74. The van der Waals surface area contributed by atoms with Crippen molar-refractivity contribution in [3.8, 4) is 0 Å². The van der Waals surface area contributed by atoms with Crippen molar-refractivity contribution >= 4 is 40.7 Å². The lowest BCUT2D eigenvalue weighted by atomic mass is 10.3. The first kappa shape index (κ1) is 17.1. The maximum Gasteiger partial charge on any atom is 0.254 e. The summed E-state index contributed by atoms with van der Waals surface area (Å²) in [6.07, 6.45) is 4.55. The highest BCUT2D eigenvalue weighted by Crippen LogP contribution is 2.24. The highest BCUT2D eigenvalue weighted by Gasteiger charge is 2.08. The van der Waals surface area contributed by atoms with Crippen molar-refractivity contribution < 1.29 is 4.79 Å². The van der Waals surface area contributed by atoms with Crippen LogP contribution in [0.5, 0.6) is 0 Å². The van der Waals surface area contributed by atoms with E-state index in [1.807, 2.05) is 18.2 Å². The molecule has 8 heteroatoms. The van der Waals surface area contributed by atoms with Gasteiger partial charge in [-0.05, 0) is 30.3 Å². The molecule has 25 heavy (non-hydrogen) atoms. The first-order chi connectivity index (χ1) is 12.1.